The van der Waals surface area contributed by atoms with Crippen molar-refractivity contribution in [1.29, 1.82) is 0 Å². The standard InChI is InChI=1S/C32H38FN3O4/c1-30(2,24-7-5-4-6-8-24)34-28(37)18-32(20-36(21-32)26-13-15-31(3,39)16-14-26)35-29(38)23-17-27(40-19-23)22-9-11-25(33)12-10-22/h4-12,17,19,26,39H,13-16,18,20-21H2,1-3H3,(H,34,37)(H,35,38). The molecule has 0 atom stereocenters. The average Bonchev–Trinajstić information content (AvgIpc) is 3.38. The number of benzene rings is 2. The Labute approximate surface area is 234 Å². The van der Waals surface area contributed by atoms with Crippen molar-refractivity contribution >= 4 is 11.8 Å². The molecule has 8 heteroatoms. The zero-order valence-corrected chi connectivity index (χ0v) is 23.4. The van der Waals surface area contributed by atoms with Gasteiger partial charge in [-0.3, -0.25) is 14.5 Å². The van der Waals surface area contributed by atoms with Crippen molar-refractivity contribution in [2.75, 3.05) is 13.1 Å². The Balaban J connectivity index is 1.30. The summed E-state index contributed by atoms with van der Waals surface area (Å²) in [6, 6.07) is 17.6. The fourth-order valence-electron chi connectivity index (χ4n) is 5.97. The fourth-order valence-corrected chi connectivity index (χ4v) is 5.97. The molecule has 1 aromatic heterocycles. The van der Waals surface area contributed by atoms with E-state index in [1.54, 1.807) is 18.2 Å². The first-order valence-electron chi connectivity index (χ1n) is 13.9. The number of aliphatic hydroxyl groups is 1. The van der Waals surface area contributed by atoms with Gasteiger partial charge >= 0.3 is 0 Å². The molecule has 0 spiro atoms. The largest absolute Gasteiger partial charge is 0.464 e. The van der Waals surface area contributed by atoms with Crippen molar-refractivity contribution in [3.05, 3.63) is 83.9 Å². The highest BCUT2D eigenvalue weighted by molar-refractivity contribution is 5.96. The summed E-state index contributed by atoms with van der Waals surface area (Å²) >= 11 is 0. The molecule has 5 rings (SSSR count). The summed E-state index contributed by atoms with van der Waals surface area (Å²) in [6.45, 7) is 6.92. The quantitative estimate of drug-likeness (QED) is 0.369. The number of furan rings is 1. The van der Waals surface area contributed by atoms with Crippen molar-refractivity contribution in [2.24, 2.45) is 0 Å². The smallest absolute Gasteiger partial charge is 0.255 e. The van der Waals surface area contributed by atoms with Gasteiger partial charge in [0.25, 0.3) is 5.91 Å². The van der Waals surface area contributed by atoms with Crippen molar-refractivity contribution in [2.45, 2.75) is 75.6 Å². The summed E-state index contributed by atoms with van der Waals surface area (Å²) in [5, 5.41) is 16.7. The van der Waals surface area contributed by atoms with E-state index in [0.29, 0.717) is 36.0 Å². The molecule has 1 aliphatic heterocycles. The second-order valence-corrected chi connectivity index (χ2v) is 12.3. The normalized spacial score (nSPS) is 22.8. The minimum atomic E-state index is -0.735. The third-order valence-electron chi connectivity index (χ3n) is 8.38. The molecule has 0 unspecified atom stereocenters. The number of nitrogens with zero attached hydrogens (tertiary/aromatic N) is 1. The average molecular weight is 548 g/mol. The van der Waals surface area contributed by atoms with Gasteiger partial charge in [0.05, 0.1) is 28.7 Å². The molecule has 40 heavy (non-hydrogen) atoms. The van der Waals surface area contributed by atoms with Crippen LogP contribution in [-0.2, 0) is 10.3 Å². The number of nitrogens with one attached hydrogen (secondary N) is 2. The van der Waals surface area contributed by atoms with Crippen molar-refractivity contribution in [3.63, 3.8) is 0 Å². The topological polar surface area (TPSA) is 94.8 Å². The van der Waals surface area contributed by atoms with E-state index in [0.717, 1.165) is 31.2 Å². The number of likely N-dealkylation sites (tertiary alicyclic amines) is 1. The Hall–Kier alpha value is -3.49. The van der Waals surface area contributed by atoms with Crippen LogP contribution in [-0.4, -0.2) is 52.1 Å². The number of amides is 2. The first-order valence-corrected chi connectivity index (χ1v) is 13.9. The van der Waals surface area contributed by atoms with Gasteiger partial charge in [-0.15, -0.1) is 0 Å². The lowest BCUT2D eigenvalue weighted by Crippen LogP contribution is -2.73. The van der Waals surface area contributed by atoms with Crippen LogP contribution in [0.1, 0.15) is 68.8 Å². The lowest BCUT2D eigenvalue weighted by Gasteiger charge is -2.55. The Bertz CT molecular complexity index is 1330. The Morgan fingerprint density at radius 1 is 1.07 bits per heavy atom. The number of carbonyl (C=O) groups excluding carboxylic acids is 2. The molecular formula is C32H38FN3O4. The molecule has 2 amide bonds. The zero-order valence-electron chi connectivity index (χ0n) is 23.4. The molecule has 3 aromatic rings. The molecular weight excluding hydrogens is 509 g/mol. The molecule has 1 saturated carbocycles. The molecule has 0 radical (unpaired) electrons. The first kappa shape index (κ1) is 28.1. The summed E-state index contributed by atoms with van der Waals surface area (Å²) < 4.78 is 18.9. The Kier molecular flexibility index (Phi) is 7.59. The van der Waals surface area contributed by atoms with Gasteiger partial charge in [-0.2, -0.15) is 0 Å². The van der Waals surface area contributed by atoms with Gasteiger partial charge < -0.3 is 20.2 Å². The van der Waals surface area contributed by atoms with Gasteiger partial charge in [-0.25, -0.2) is 4.39 Å². The lowest BCUT2D eigenvalue weighted by molar-refractivity contribution is -0.127. The predicted octanol–water partition coefficient (Wildman–Crippen LogP) is 5.01. The molecule has 3 N–H and O–H groups in total. The highest BCUT2D eigenvalue weighted by Gasteiger charge is 2.49. The second-order valence-electron chi connectivity index (χ2n) is 12.3. The first-order chi connectivity index (χ1) is 18.9. The van der Waals surface area contributed by atoms with E-state index < -0.39 is 16.7 Å². The SMILES string of the molecule is CC1(O)CCC(N2CC(CC(=O)NC(C)(C)c3ccccc3)(NC(=O)c3coc(-c4ccc(F)cc4)c3)C2)CC1. The molecule has 2 aromatic carbocycles. The van der Waals surface area contributed by atoms with Crippen LogP contribution in [0.3, 0.4) is 0 Å². The number of rotatable bonds is 8. The van der Waals surface area contributed by atoms with Crippen molar-refractivity contribution in [3.8, 4) is 11.3 Å². The van der Waals surface area contributed by atoms with E-state index in [2.05, 4.69) is 15.5 Å². The minimum absolute atomic E-state index is 0.138. The van der Waals surface area contributed by atoms with Crippen molar-refractivity contribution in [1.82, 2.24) is 15.5 Å². The maximum Gasteiger partial charge on any atom is 0.255 e. The monoisotopic (exact) mass is 547 g/mol. The zero-order chi connectivity index (χ0) is 28.5. The van der Waals surface area contributed by atoms with Gasteiger partial charge in [-0.05, 0) is 82.3 Å². The van der Waals surface area contributed by atoms with Gasteiger partial charge in [0.2, 0.25) is 5.91 Å². The molecule has 2 heterocycles. The molecule has 212 valence electrons. The third-order valence-corrected chi connectivity index (χ3v) is 8.38. The Morgan fingerprint density at radius 2 is 1.73 bits per heavy atom. The molecule has 2 fully saturated rings. The molecule has 2 aliphatic rings. The van der Waals surface area contributed by atoms with Crippen LogP contribution >= 0.6 is 0 Å². The number of hydrogen-bond acceptors (Lipinski definition) is 5. The second kappa shape index (κ2) is 10.8. The highest BCUT2D eigenvalue weighted by Crippen LogP contribution is 2.36. The van der Waals surface area contributed by atoms with Crippen LogP contribution in [0.5, 0.6) is 0 Å². The van der Waals surface area contributed by atoms with Gasteiger partial charge in [0.1, 0.15) is 17.8 Å². The summed E-state index contributed by atoms with van der Waals surface area (Å²) in [6.07, 6.45) is 4.76. The van der Waals surface area contributed by atoms with E-state index in [1.165, 1.54) is 18.4 Å². The van der Waals surface area contributed by atoms with Crippen LogP contribution in [0, 0.1) is 5.82 Å². The van der Waals surface area contributed by atoms with Crippen LogP contribution < -0.4 is 10.6 Å². The third kappa shape index (κ3) is 6.29. The minimum Gasteiger partial charge on any atom is -0.464 e. The molecule has 7 nitrogen and oxygen atoms in total. The Morgan fingerprint density at radius 3 is 2.38 bits per heavy atom. The lowest BCUT2D eigenvalue weighted by atomic mass is 9.78. The van der Waals surface area contributed by atoms with Gasteiger partial charge in [0, 0.05) is 24.7 Å². The van der Waals surface area contributed by atoms with E-state index in [1.807, 2.05) is 51.1 Å². The van der Waals surface area contributed by atoms with Crippen LogP contribution in [0.25, 0.3) is 11.3 Å². The summed E-state index contributed by atoms with van der Waals surface area (Å²) in [4.78, 5) is 29.1. The van der Waals surface area contributed by atoms with E-state index in [4.69, 9.17) is 4.42 Å². The summed E-state index contributed by atoms with van der Waals surface area (Å²) in [5.74, 6) is -0.343. The molecule has 1 saturated heterocycles. The van der Waals surface area contributed by atoms with Crippen LogP contribution in [0.4, 0.5) is 4.39 Å². The summed E-state index contributed by atoms with van der Waals surface area (Å²) in [7, 11) is 0. The highest BCUT2D eigenvalue weighted by atomic mass is 19.1. The summed E-state index contributed by atoms with van der Waals surface area (Å²) in [5.41, 5.74) is 0.0749. The number of hydrogen-bond donors (Lipinski definition) is 3. The van der Waals surface area contributed by atoms with Crippen molar-refractivity contribution < 1.29 is 23.5 Å². The number of halogens is 1. The predicted molar refractivity (Wildman–Crippen MR) is 151 cm³/mol. The number of carbonyl (C=O) groups is 2. The maximum absolute atomic E-state index is 13.4. The molecule has 0 bridgehead atoms. The van der Waals surface area contributed by atoms with E-state index >= 15 is 0 Å². The van der Waals surface area contributed by atoms with E-state index in [-0.39, 0.29) is 24.1 Å². The maximum atomic E-state index is 13.4. The van der Waals surface area contributed by atoms with E-state index in [9.17, 15) is 19.1 Å². The van der Waals surface area contributed by atoms with Crippen LogP contribution in [0.15, 0.2) is 71.3 Å². The fraction of sp³-hybridized carbons (Fsp3) is 0.438. The van der Waals surface area contributed by atoms with Gasteiger partial charge in [0.15, 0.2) is 0 Å². The van der Waals surface area contributed by atoms with Crippen LogP contribution in [0.2, 0.25) is 0 Å². The van der Waals surface area contributed by atoms with Gasteiger partial charge in [-0.1, -0.05) is 30.3 Å². The molecule has 1 aliphatic carbocycles.